The van der Waals surface area contributed by atoms with Crippen LogP contribution in [0.1, 0.15) is 157 Å². The number of carbonyl (C=O) groups excluding carboxylic acids is 11. The largest absolute Gasteiger partial charge is 0.468 e. The fourth-order valence-electron chi connectivity index (χ4n) is 8.52. The van der Waals surface area contributed by atoms with E-state index in [1.807, 2.05) is 171 Å². The Bertz CT molecular complexity index is 2090. The van der Waals surface area contributed by atoms with Crippen molar-refractivity contribution in [3.8, 4) is 0 Å². The lowest BCUT2D eigenvalue weighted by atomic mass is 10.1. The molecule has 1 aliphatic heterocycles. The standard InChI is InChI=1S/C14H28O4SSi.C12H24O4Si.C10H22O4Si.C9H20O4SSi.C8H18O4Si.C7H14O5Si.5CH2O/c1-5-16-20(4,17-6-2)12-19-11-13(15)18-14(3)9-7-8-10-14;1-7-14-17(6,15-8-2)10-9-11(13)16-12(3,4)5;1-7-12-15(6,13-8-2)9(11)14-10(3,4)5;1-5-12-15(4,13-6-2)8-14-7-9(10)11-3;1-5-11-13(4,12-6-2)7-10-8(3)9;1-10-13(5-8,11-2)6-3-4-12-7(6)9;5*1-2/h5-12H2,1-4H3;9-10H,7-8H2,1-6H3;7-8H2,1-6H3;5-8H2,1-4H3;5-7H2,1-4H3;6,8H,3-5H2,1-2H3;5*1H2/b;10-9+;;;;;;;;;. The number of aliphatic hydroxyl groups excluding tert-OH is 1. The fraction of sp³-hybridized carbons (Fsp3) is 0.800. The summed E-state index contributed by atoms with van der Waals surface area (Å²) in [4.78, 5) is 108. The van der Waals surface area contributed by atoms with E-state index in [9.17, 15) is 28.8 Å². The first-order valence-electron chi connectivity index (χ1n) is 33.7. The van der Waals surface area contributed by atoms with Crippen molar-refractivity contribution in [3.05, 3.63) is 11.8 Å². The Labute approximate surface area is 632 Å². The second-order valence-corrected chi connectivity index (χ2v) is 45.2. The Balaban J connectivity index is -0.000000144. The molecule has 103 heavy (non-hydrogen) atoms. The van der Waals surface area contributed by atoms with Crippen LogP contribution in [0.25, 0.3) is 0 Å². The van der Waals surface area contributed by atoms with Gasteiger partial charge in [-0.25, -0.2) is 4.79 Å². The summed E-state index contributed by atoms with van der Waals surface area (Å²) in [5, 5.41) is 10.7. The number of hydrogen-bond donors (Lipinski definition) is 1. The van der Waals surface area contributed by atoms with Crippen LogP contribution < -0.4 is 0 Å². The molecule has 1 unspecified atom stereocenters. The molecule has 1 atom stereocenters. The highest BCUT2D eigenvalue weighted by molar-refractivity contribution is 8.01. The van der Waals surface area contributed by atoms with Crippen molar-refractivity contribution in [2.45, 2.75) is 212 Å². The maximum Gasteiger partial charge on any atom is 0.459 e. The van der Waals surface area contributed by atoms with Gasteiger partial charge in [-0.1, -0.05) is 0 Å². The minimum atomic E-state index is -2.82. The average molecular weight is 1630 g/mol. The summed E-state index contributed by atoms with van der Waals surface area (Å²) < 4.78 is 96.3. The van der Waals surface area contributed by atoms with E-state index in [0.29, 0.717) is 90.6 Å². The van der Waals surface area contributed by atoms with Crippen LogP contribution in [0.4, 0.5) is 4.79 Å². The number of methoxy groups -OCH3 is 1. The van der Waals surface area contributed by atoms with Gasteiger partial charge in [0, 0.05) is 104 Å². The van der Waals surface area contributed by atoms with Gasteiger partial charge in [-0.05, 0) is 188 Å². The summed E-state index contributed by atoms with van der Waals surface area (Å²) in [5.41, 5.74) is -0.228. The molecule has 0 aromatic carbocycles. The van der Waals surface area contributed by atoms with Gasteiger partial charge in [0.05, 0.1) is 31.5 Å². The zero-order valence-corrected chi connectivity index (χ0v) is 75.1. The molecule has 0 spiro atoms. The van der Waals surface area contributed by atoms with Crippen LogP contribution in [0.2, 0.25) is 38.3 Å². The third-order valence-corrected chi connectivity index (χ3v) is 33.6. The van der Waals surface area contributed by atoms with E-state index < -0.39 is 68.1 Å². The highest BCUT2D eigenvalue weighted by Crippen LogP contribution is 2.34. The number of aliphatic hydroxyl groups is 1. The first-order valence-corrected chi connectivity index (χ1v) is 50.4. The van der Waals surface area contributed by atoms with E-state index in [2.05, 4.69) is 11.3 Å². The second kappa shape index (κ2) is 70.1. The Morgan fingerprint density at radius 2 is 0.903 bits per heavy atom. The zero-order chi connectivity index (χ0) is 82.7. The Kier molecular flexibility index (Phi) is 80.1. The number of carbonyl (C=O) groups is 11. The van der Waals surface area contributed by atoms with Gasteiger partial charge in [0.2, 0.25) is 0 Å². The molecule has 0 bridgehead atoms. The van der Waals surface area contributed by atoms with Crippen LogP contribution in [-0.4, -0.2) is 271 Å². The maximum atomic E-state index is 11.9. The molecule has 0 aromatic heterocycles. The van der Waals surface area contributed by atoms with Gasteiger partial charge in [0.1, 0.15) is 62.5 Å². The molecule has 0 amide bonds. The summed E-state index contributed by atoms with van der Waals surface area (Å²) in [5.74, 6) is -0.538. The van der Waals surface area contributed by atoms with Crippen LogP contribution in [0.5, 0.6) is 0 Å². The molecule has 1 heterocycles. The molecule has 2 rings (SSSR count). The lowest BCUT2D eigenvalue weighted by molar-refractivity contribution is -0.154. The van der Waals surface area contributed by atoms with E-state index in [1.54, 1.807) is 24.0 Å². The van der Waals surface area contributed by atoms with Crippen LogP contribution in [0.3, 0.4) is 0 Å². The Hall–Kier alpha value is -3.61. The zero-order valence-electron chi connectivity index (χ0n) is 67.4. The van der Waals surface area contributed by atoms with Crippen LogP contribution >= 0.6 is 23.5 Å². The molecule has 2 fully saturated rings. The number of esters is 5. The number of ether oxygens (including phenoxy) is 6. The lowest BCUT2D eigenvalue weighted by Crippen LogP contribution is -2.50. The predicted octanol–water partition coefficient (Wildman–Crippen LogP) is 9.95. The second-order valence-electron chi connectivity index (χ2n) is 23.4. The molecule has 1 N–H and O–H groups in total. The summed E-state index contributed by atoms with van der Waals surface area (Å²) in [6.07, 6.45) is 6.34. The summed E-state index contributed by atoms with van der Waals surface area (Å²) in [6, 6.07) is 0. The molecule has 1 aliphatic carbocycles. The van der Waals surface area contributed by atoms with Crippen molar-refractivity contribution in [2.24, 2.45) is 0 Å². The maximum absolute atomic E-state index is 11.9. The fourth-order valence-corrected chi connectivity index (χ4v) is 24.7. The monoisotopic (exact) mass is 1630 g/mol. The van der Waals surface area contributed by atoms with E-state index in [-0.39, 0.29) is 53.5 Å². The highest BCUT2D eigenvalue weighted by atomic mass is 32.2. The van der Waals surface area contributed by atoms with Crippen molar-refractivity contribution in [3.63, 3.8) is 0 Å². The van der Waals surface area contributed by atoms with E-state index in [4.69, 9.17) is 106 Å². The smallest absolute Gasteiger partial charge is 0.459 e. The molecular weight excluding hydrogens is 1490 g/mol. The number of rotatable bonds is 38. The van der Waals surface area contributed by atoms with Crippen molar-refractivity contribution in [2.75, 3.05) is 129 Å². The van der Waals surface area contributed by atoms with Crippen LogP contribution in [-0.2, 0) is 129 Å². The van der Waals surface area contributed by atoms with Gasteiger partial charge >= 0.3 is 86.8 Å². The van der Waals surface area contributed by atoms with Crippen LogP contribution in [0, 0.1) is 0 Å². The SMILES string of the molecule is C=O.C=O.C=O.C=O.C=O.CCO[Si](C)(/C=C/C(=O)OC(C)(C)C)OCC.CCO[Si](C)(COC(C)=O)OCC.CCO[Si](C)(CSCC(=O)OC)OCC.CCO[Si](C)(CSCC(=O)OC1(C)CCCC1)OCC.CCO[Si](C)(OCC)C(=O)OC(C)(C)C.CO[Si](CO)(OC)C1CCOC1=O. The molecular formula is C65H136O30S2Si6. The van der Waals surface area contributed by atoms with Crippen molar-refractivity contribution in [1.82, 2.24) is 0 Å². The van der Waals surface area contributed by atoms with Gasteiger partial charge in [-0.15, -0.1) is 23.5 Å². The van der Waals surface area contributed by atoms with Gasteiger partial charge in [0.25, 0.3) is 0 Å². The Morgan fingerprint density at radius 1 is 0.553 bits per heavy atom. The molecule has 38 heteroatoms. The van der Waals surface area contributed by atoms with Crippen molar-refractivity contribution in [1.29, 1.82) is 0 Å². The normalized spacial score (nSPS) is 13.8. The van der Waals surface area contributed by atoms with E-state index in [1.165, 1.54) is 46.1 Å². The summed E-state index contributed by atoms with van der Waals surface area (Å²) >= 11 is 3.08. The molecule has 1 saturated carbocycles. The first-order chi connectivity index (χ1) is 48.2. The Morgan fingerprint density at radius 3 is 1.19 bits per heavy atom. The quantitative estimate of drug-likeness (QED) is 0.0260. The summed E-state index contributed by atoms with van der Waals surface area (Å²) in [6.45, 7) is 59.4. The van der Waals surface area contributed by atoms with Crippen molar-refractivity contribution < 1.29 is 139 Å². The first kappa shape index (κ1) is 118. The predicted molar refractivity (Wildman–Crippen MR) is 414 cm³/mol. The number of cyclic esters (lactones) is 1. The molecule has 30 nitrogen and oxygen atoms in total. The topological polar surface area (TPSA) is 374 Å². The number of hydrogen-bond acceptors (Lipinski definition) is 32. The third kappa shape index (κ3) is 64.1. The third-order valence-electron chi connectivity index (χ3n) is 12.4. The van der Waals surface area contributed by atoms with Gasteiger partial charge in [-0.3, -0.25) is 24.0 Å². The van der Waals surface area contributed by atoms with E-state index in [0.717, 1.165) is 36.4 Å². The van der Waals surface area contributed by atoms with Gasteiger partial charge < -0.3 is 111 Å². The molecule has 2 aliphatic rings. The van der Waals surface area contributed by atoms with Gasteiger partial charge in [0.15, 0.2) is 0 Å². The minimum absolute atomic E-state index is 0.108. The molecule has 612 valence electrons. The minimum Gasteiger partial charge on any atom is -0.468 e. The lowest BCUT2D eigenvalue weighted by Gasteiger charge is -2.28. The molecule has 1 saturated heterocycles. The summed E-state index contributed by atoms with van der Waals surface area (Å²) in [7, 11) is -10.1. The number of thioether (sulfide) groups is 2. The van der Waals surface area contributed by atoms with E-state index >= 15 is 0 Å². The molecule has 0 aromatic rings. The van der Waals surface area contributed by atoms with Crippen molar-refractivity contribution >= 4 is 144 Å². The van der Waals surface area contributed by atoms with Gasteiger partial charge in [-0.2, -0.15) is 0 Å². The molecule has 0 radical (unpaired) electrons. The highest BCUT2D eigenvalue weighted by Gasteiger charge is 2.52. The average Bonchev–Trinajstić information content (AvgIpc) is 1.77. The van der Waals surface area contributed by atoms with Crippen LogP contribution in [0.15, 0.2) is 11.8 Å².